The van der Waals surface area contributed by atoms with E-state index in [4.69, 9.17) is 9.47 Å². The number of epoxide rings is 1. The van der Waals surface area contributed by atoms with Gasteiger partial charge >= 0.3 is 5.97 Å². The molecule has 2 fully saturated rings. The van der Waals surface area contributed by atoms with E-state index in [9.17, 15) is 15.2 Å². The molecule has 0 amide bonds. The Morgan fingerprint density at radius 1 is 1.23 bits per heavy atom. The van der Waals surface area contributed by atoms with Crippen LogP contribution in [0.2, 0.25) is 0 Å². The fourth-order valence-corrected chi connectivity index (χ4v) is 4.08. The van der Waals surface area contributed by atoms with E-state index in [2.05, 4.69) is 18.4 Å². The molecule has 2 bridgehead atoms. The van der Waals surface area contributed by atoms with Gasteiger partial charge in [-0.25, -0.2) is 9.68 Å². The Bertz CT molecular complexity index is 615. The highest BCUT2D eigenvalue weighted by molar-refractivity contribution is 5.89. The second kappa shape index (κ2) is 6.75. The van der Waals surface area contributed by atoms with Gasteiger partial charge in [0.05, 0.1) is 17.8 Å². The van der Waals surface area contributed by atoms with Crippen molar-refractivity contribution in [3.8, 4) is 0 Å². The van der Waals surface area contributed by atoms with E-state index in [1.54, 1.807) is 13.8 Å². The molecule has 2 aliphatic heterocycles. The minimum Gasteiger partial charge on any atom is -0.453 e. The minimum absolute atomic E-state index is 0.00121. The van der Waals surface area contributed by atoms with Gasteiger partial charge in [-0.15, -0.1) is 0 Å². The second-order valence-electron chi connectivity index (χ2n) is 8.68. The molecular weight excluding hydrogens is 336 g/mol. The minimum atomic E-state index is -0.979. The van der Waals surface area contributed by atoms with Gasteiger partial charge in [-0.1, -0.05) is 18.7 Å². The molecule has 3 aliphatic rings. The molecule has 0 radical (unpaired) electrons. The van der Waals surface area contributed by atoms with Crippen LogP contribution >= 0.6 is 0 Å². The number of esters is 1. The quantitative estimate of drug-likeness (QED) is 0.185. The first-order valence-corrected chi connectivity index (χ1v) is 9.39. The zero-order valence-electron chi connectivity index (χ0n) is 15.9. The number of carbonyl (C=O) groups is 1. The van der Waals surface area contributed by atoms with Crippen LogP contribution in [-0.2, 0) is 19.2 Å². The number of hydrogen-bond donors (Lipinski definition) is 2. The van der Waals surface area contributed by atoms with Crippen molar-refractivity contribution in [2.75, 3.05) is 0 Å². The van der Waals surface area contributed by atoms with Crippen LogP contribution in [0.5, 0.6) is 0 Å². The molecule has 26 heavy (non-hydrogen) atoms. The number of aliphatic hydroxyl groups excluding tert-OH is 1. The van der Waals surface area contributed by atoms with Crippen molar-refractivity contribution in [1.82, 2.24) is 0 Å². The fraction of sp³-hybridized carbons (Fsp3) is 0.750. The summed E-state index contributed by atoms with van der Waals surface area (Å²) in [4.78, 5) is 17.2. The molecule has 2 N–H and O–H groups in total. The van der Waals surface area contributed by atoms with E-state index in [1.165, 1.54) is 0 Å². The van der Waals surface area contributed by atoms with Crippen molar-refractivity contribution in [2.24, 2.45) is 5.92 Å². The first-order chi connectivity index (χ1) is 12.1. The molecule has 2 saturated heterocycles. The van der Waals surface area contributed by atoms with Gasteiger partial charge in [-0.3, -0.25) is 5.26 Å². The topological polar surface area (TPSA) is 88.5 Å². The lowest BCUT2D eigenvalue weighted by atomic mass is 9.82. The molecule has 146 valence electrons. The summed E-state index contributed by atoms with van der Waals surface area (Å²) in [6.07, 6.45) is 6.38. The maximum absolute atomic E-state index is 12.5. The Balaban J connectivity index is 1.89. The predicted molar refractivity (Wildman–Crippen MR) is 95.4 cm³/mol. The van der Waals surface area contributed by atoms with Crippen molar-refractivity contribution < 1.29 is 29.5 Å². The summed E-state index contributed by atoms with van der Waals surface area (Å²) >= 11 is 0. The number of aliphatic hydroxyl groups is 1. The highest BCUT2D eigenvalue weighted by atomic mass is 17.1. The second-order valence-corrected chi connectivity index (χ2v) is 8.68. The molecule has 0 aromatic carbocycles. The third-order valence-electron chi connectivity index (χ3n) is 6.43. The van der Waals surface area contributed by atoms with Gasteiger partial charge < -0.3 is 14.6 Å². The molecule has 0 unspecified atom stereocenters. The van der Waals surface area contributed by atoms with Crippen LogP contribution in [0.3, 0.4) is 0 Å². The standard InChI is InChI=1S/C20H30O6/c1-13-14-6-11-19(3,25-17(13)22)15(21)7-10-18(2,26-23)8-5-9-20(4)16(12-14)24-20/h5,8,14-16,21,23H,1,6-7,9-12H2,2-4H3/b8-5-/t14-,15+,16+,18-,19-,20+/m1/s1. The largest absolute Gasteiger partial charge is 0.453 e. The number of hydrogen-bond acceptors (Lipinski definition) is 6. The lowest BCUT2D eigenvalue weighted by Gasteiger charge is -2.34. The maximum Gasteiger partial charge on any atom is 0.334 e. The average molecular weight is 366 g/mol. The molecule has 3 rings (SSSR count). The molecule has 6 atom stereocenters. The lowest BCUT2D eigenvalue weighted by molar-refractivity contribution is -0.305. The van der Waals surface area contributed by atoms with E-state index in [-0.39, 0.29) is 17.6 Å². The van der Waals surface area contributed by atoms with Crippen molar-refractivity contribution in [1.29, 1.82) is 0 Å². The summed E-state index contributed by atoms with van der Waals surface area (Å²) < 4.78 is 11.6. The summed E-state index contributed by atoms with van der Waals surface area (Å²) in [6.45, 7) is 9.53. The third kappa shape index (κ3) is 3.74. The van der Waals surface area contributed by atoms with Crippen molar-refractivity contribution in [2.45, 2.75) is 88.3 Å². The smallest absolute Gasteiger partial charge is 0.334 e. The molecule has 0 aromatic rings. The highest BCUT2D eigenvalue weighted by Crippen LogP contribution is 2.47. The van der Waals surface area contributed by atoms with Gasteiger partial charge in [0, 0.05) is 5.57 Å². The van der Waals surface area contributed by atoms with E-state index < -0.39 is 23.3 Å². The SMILES string of the molecule is C=C1C(=O)O[C@]2(C)CC[C@@H]1C[C@@H]1O[C@@]1(C)C/C=C\[C@@](C)(OO)CC[C@@H]2O. The fourth-order valence-electron chi connectivity index (χ4n) is 4.08. The summed E-state index contributed by atoms with van der Waals surface area (Å²) in [7, 11) is 0. The Morgan fingerprint density at radius 3 is 2.65 bits per heavy atom. The van der Waals surface area contributed by atoms with E-state index in [0.29, 0.717) is 31.3 Å². The van der Waals surface area contributed by atoms with Gasteiger partial charge in [-0.05, 0) is 65.2 Å². The summed E-state index contributed by atoms with van der Waals surface area (Å²) in [5.41, 5.74) is -1.70. The first kappa shape index (κ1) is 19.5. The number of ether oxygens (including phenoxy) is 2. The monoisotopic (exact) mass is 366 g/mol. The average Bonchev–Trinajstić information content (AvgIpc) is 3.25. The van der Waals surface area contributed by atoms with Crippen LogP contribution in [0.1, 0.15) is 59.3 Å². The van der Waals surface area contributed by atoms with Crippen molar-refractivity contribution in [3.63, 3.8) is 0 Å². The van der Waals surface area contributed by atoms with E-state index in [0.717, 1.165) is 12.8 Å². The number of carbonyl (C=O) groups excluding carboxylic acids is 1. The van der Waals surface area contributed by atoms with Crippen LogP contribution in [0.25, 0.3) is 0 Å². The Morgan fingerprint density at radius 2 is 1.96 bits per heavy atom. The van der Waals surface area contributed by atoms with Crippen LogP contribution < -0.4 is 0 Å². The maximum atomic E-state index is 12.5. The first-order valence-electron chi connectivity index (χ1n) is 9.39. The highest BCUT2D eigenvalue weighted by Gasteiger charge is 2.53. The molecule has 6 heteroatoms. The van der Waals surface area contributed by atoms with Gasteiger partial charge in [0.15, 0.2) is 0 Å². The normalized spacial score (nSPS) is 48.1. The zero-order chi connectivity index (χ0) is 19.2. The van der Waals surface area contributed by atoms with E-state index in [1.807, 2.05) is 12.2 Å². The van der Waals surface area contributed by atoms with Gasteiger partial charge in [0.2, 0.25) is 0 Å². The molecule has 2 heterocycles. The van der Waals surface area contributed by atoms with Crippen LogP contribution in [0.4, 0.5) is 0 Å². The molecule has 0 spiro atoms. The Hall–Kier alpha value is -1.21. The summed E-state index contributed by atoms with van der Waals surface area (Å²) in [5.74, 6) is -0.438. The van der Waals surface area contributed by atoms with Gasteiger partial charge in [0.25, 0.3) is 0 Å². The van der Waals surface area contributed by atoms with Crippen LogP contribution in [0.15, 0.2) is 24.3 Å². The van der Waals surface area contributed by atoms with Gasteiger partial charge in [-0.2, -0.15) is 0 Å². The van der Waals surface area contributed by atoms with E-state index >= 15 is 0 Å². The lowest BCUT2D eigenvalue weighted by Crippen LogP contribution is -2.44. The molecule has 6 nitrogen and oxygen atoms in total. The van der Waals surface area contributed by atoms with Crippen molar-refractivity contribution >= 4 is 5.97 Å². The Labute approximate surface area is 154 Å². The number of rotatable bonds is 1. The third-order valence-corrected chi connectivity index (χ3v) is 6.43. The predicted octanol–water partition coefficient (Wildman–Crippen LogP) is 3.15. The molecular formula is C20H30O6. The van der Waals surface area contributed by atoms with Gasteiger partial charge in [0.1, 0.15) is 11.2 Å². The van der Waals surface area contributed by atoms with Crippen molar-refractivity contribution in [3.05, 3.63) is 24.3 Å². The van der Waals surface area contributed by atoms with Crippen LogP contribution in [-0.4, -0.2) is 45.3 Å². The molecule has 0 aromatic heterocycles. The Kier molecular flexibility index (Phi) is 5.07. The molecule has 0 saturated carbocycles. The summed E-state index contributed by atoms with van der Waals surface area (Å²) in [6, 6.07) is 0. The molecule has 1 aliphatic carbocycles. The van der Waals surface area contributed by atoms with Crippen LogP contribution in [0, 0.1) is 5.92 Å². The summed E-state index contributed by atoms with van der Waals surface area (Å²) in [5, 5.41) is 20.1. The number of fused-ring (bicyclic) bond motifs is 4. The zero-order valence-corrected chi connectivity index (χ0v) is 15.9.